The first-order valence-corrected chi connectivity index (χ1v) is 7.96. The molecule has 128 valence electrons. The topological polar surface area (TPSA) is 61.4 Å². The van der Waals surface area contributed by atoms with Crippen LogP contribution in [-0.2, 0) is 4.79 Å². The number of carbonyl (C=O) groups excluding carboxylic acids is 2. The predicted octanol–water partition coefficient (Wildman–Crippen LogP) is 2.36. The summed E-state index contributed by atoms with van der Waals surface area (Å²) in [7, 11) is 1.87. The van der Waals surface area contributed by atoms with Crippen LogP contribution in [0.2, 0.25) is 10.0 Å². The predicted molar refractivity (Wildman–Crippen MR) is 94.7 cm³/mol. The molecule has 5 nitrogen and oxygen atoms in total. The number of rotatable bonds is 5. The Morgan fingerprint density at radius 2 is 2.04 bits per heavy atom. The third-order valence-corrected chi connectivity index (χ3v) is 4.46. The highest BCUT2D eigenvalue weighted by molar-refractivity contribution is 6.42. The van der Waals surface area contributed by atoms with Crippen LogP contribution in [-0.4, -0.2) is 49.4 Å². The van der Waals surface area contributed by atoms with Gasteiger partial charge in [0.05, 0.1) is 16.6 Å². The van der Waals surface area contributed by atoms with Gasteiger partial charge >= 0.3 is 0 Å². The molecule has 1 unspecified atom stereocenters. The molecule has 1 aliphatic rings. The van der Waals surface area contributed by atoms with Crippen molar-refractivity contribution in [3.05, 3.63) is 33.8 Å². The number of nitrogens with zero attached hydrogens (tertiary/aromatic N) is 1. The number of halogens is 3. The average molecular weight is 381 g/mol. The van der Waals surface area contributed by atoms with E-state index < -0.39 is 0 Å². The summed E-state index contributed by atoms with van der Waals surface area (Å²) in [4.78, 5) is 26.1. The molecule has 2 N–H and O–H groups in total. The fraction of sp³-hybridized carbons (Fsp3) is 0.467. The second-order valence-corrected chi connectivity index (χ2v) is 6.07. The summed E-state index contributed by atoms with van der Waals surface area (Å²) >= 11 is 11.7. The molecule has 8 heteroatoms. The smallest absolute Gasteiger partial charge is 0.251 e. The summed E-state index contributed by atoms with van der Waals surface area (Å²) in [6, 6.07) is 4.83. The van der Waals surface area contributed by atoms with Crippen LogP contribution < -0.4 is 10.6 Å². The lowest BCUT2D eigenvalue weighted by Crippen LogP contribution is -2.45. The summed E-state index contributed by atoms with van der Waals surface area (Å²) in [5.41, 5.74) is 0.385. The van der Waals surface area contributed by atoms with Crippen LogP contribution in [0.1, 0.15) is 23.2 Å². The quantitative estimate of drug-likeness (QED) is 0.824. The Hall–Kier alpha value is -1.01. The molecule has 23 heavy (non-hydrogen) atoms. The van der Waals surface area contributed by atoms with Crippen molar-refractivity contribution in [2.24, 2.45) is 0 Å². The molecule has 1 heterocycles. The lowest BCUT2D eigenvalue weighted by atomic mass is 10.2. The van der Waals surface area contributed by atoms with E-state index >= 15 is 0 Å². The zero-order chi connectivity index (χ0) is 16.1. The molecule has 0 aliphatic carbocycles. The maximum atomic E-state index is 12.2. The van der Waals surface area contributed by atoms with Gasteiger partial charge < -0.3 is 15.5 Å². The van der Waals surface area contributed by atoms with Crippen molar-refractivity contribution >= 4 is 47.4 Å². The maximum Gasteiger partial charge on any atom is 0.251 e. The van der Waals surface area contributed by atoms with E-state index in [1.807, 2.05) is 11.9 Å². The molecule has 1 fully saturated rings. The number of hydrogen-bond acceptors (Lipinski definition) is 3. The minimum Gasteiger partial charge on any atom is -0.343 e. The molecule has 0 saturated carbocycles. The molecule has 2 rings (SSSR count). The van der Waals surface area contributed by atoms with Crippen LogP contribution in [0.15, 0.2) is 18.2 Å². The van der Waals surface area contributed by atoms with Crippen molar-refractivity contribution in [2.45, 2.75) is 18.9 Å². The SMILES string of the molecule is CNCC1CCCN1C(=O)CNC(=O)c1ccc(Cl)c(Cl)c1.Cl. The molecule has 1 atom stereocenters. The van der Waals surface area contributed by atoms with E-state index in [-0.39, 0.29) is 36.8 Å². The molecule has 1 saturated heterocycles. The van der Waals surface area contributed by atoms with E-state index in [0.29, 0.717) is 15.6 Å². The molecule has 1 aliphatic heterocycles. The molecule has 1 aromatic carbocycles. The third kappa shape index (κ3) is 5.24. The summed E-state index contributed by atoms with van der Waals surface area (Å²) in [6.07, 6.45) is 1.99. The lowest BCUT2D eigenvalue weighted by molar-refractivity contribution is -0.130. The number of nitrogens with one attached hydrogen (secondary N) is 2. The van der Waals surface area contributed by atoms with Crippen molar-refractivity contribution in [1.29, 1.82) is 0 Å². The van der Waals surface area contributed by atoms with E-state index in [0.717, 1.165) is 25.9 Å². The Balaban J connectivity index is 0.00000264. The second kappa shape index (κ2) is 9.33. The maximum absolute atomic E-state index is 12.2. The summed E-state index contributed by atoms with van der Waals surface area (Å²) in [5, 5.41) is 6.43. The Morgan fingerprint density at radius 3 is 2.70 bits per heavy atom. The minimum atomic E-state index is -0.337. The number of amides is 2. The fourth-order valence-corrected chi connectivity index (χ4v) is 2.91. The highest BCUT2D eigenvalue weighted by Crippen LogP contribution is 2.22. The Kier molecular flexibility index (Phi) is 8.12. The fourth-order valence-electron chi connectivity index (χ4n) is 2.61. The number of carbonyl (C=O) groups is 2. The molecule has 2 amide bonds. The molecular weight excluding hydrogens is 361 g/mol. The van der Waals surface area contributed by atoms with E-state index in [1.54, 1.807) is 12.1 Å². The minimum absolute atomic E-state index is 0. The summed E-state index contributed by atoms with van der Waals surface area (Å²) in [5.74, 6) is -0.401. The van der Waals surface area contributed by atoms with Gasteiger partial charge in [-0.15, -0.1) is 12.4 Å². The van der Waals surface area contributed by atoms with E-state index in [9.17, 15) is 9.59 Å². The summed E-state index contributed by atoms with van der Waals surface area (Å²) < 4.78 is 0. The first-order chi connectivity index (χ1) is 10.5. The van der Waals surface area contributed by atoms with Gasteiger partial charge in [-0.2, -0.15) is 0 Å². The van der Waals surface area contributed by atoms with Crippen LogP contribution in [0.3, 0.4) is 0 Å². The Morgan fingerprint density at radius 1 is 1.30 bits per heavy atom. The normalized spacial score (nSPS) is 16.8. The van der Waals surface area contributed by atoms with E-state index in [1.165, 1.54) is 6.07 Å². The number of likely N-dealkylation sites (N-methyl/N-ethyl adjacent to an activating group) is 1. The zero-order valence-corrected chi connectivity index (χ0v) is 15.1. The van der Waals surface area contributed by atoms with Crippen LogP contribution in [0, 0.1) is 0 Å². The Bertz CT molecular complexity index is 569. The zero-order valence-electron chi connectivity index (χ0n) is 12.8. The first kappa shape index (κ1) is 20.0. The second-order valence-electron chi connectivity index (χ2n) is 5.25. The third-order valence-electron chi connectivity index (χ3n) is 3.72. The van der Waals surface area contributed by atoms with Gasteiger partial charge in [-0.1, -0.05) is 23.2 Å². The van der Waals surface area contributed by atoms with Gasteiger partial charge in [-0.05, 0) is 38.1 Å². The molecule has 1 aromatic rings. The monoisotopic (exact) mass is 379 g/mol. The number of hydrogen-bond donors (Lipinski definition) is 2. The van der Waals surface area contributed by atoms with Gasteiger partial charge in [0.15, 0.2) is 0 Å². The number of likely N-dealkylation sites (tertiary alicyclic amines) is 1. The van der Waals surface area contributed by atoms with E-state index in [4.69, 9.17) is 23.2 Å². The van der Waals surface area contributed by atoms with Gasteiger partial charge in [0.25, 0.3) is 5.91 Å². The van der Waals surface area contributed by atoms with Crippen LogP contribution in [0.4, 0.5) is 0 Å². The van der Waals surface area contributed by atoms with Crippen molar-refractivity contribution in [2.75, 3.05) is 26.7 Å². The van der Waals surface area contributed by atoms with Gasteiger partial charge in [0.2, 0.25) is 5.91 Å². The lowest BCUT2D eigenvalue weighted by Gasteiger charge is -2.24. The van der Waals surface area contributed by atoms with Crippen LogP contribution >= 0.6 is 35.6 Å². The van der Waals surface area contributed by atoms with Gasteiger partial charge in [0.1, 0.15) is 0 Å². The molecule has 0 aromatic heterocycles. The molecule has 0 spiro atoms. The van der Waals surface area contributed by atoms with Crippen LogP contribution in [0.25, 0.3) is 0 Å². The van der Waals surface area contributed by atoms with Crippen LogP contribution in [0.5, 0.6) is 0 Å². The van der Waals surface area contributed by atoms with E-state index in [2.05, 4.69) is 10.6 Å². The van der Waals surface area contributed by atoms with Crippen molar-refractivity contribution in [1.82, 2.24) is 15.5 Å². The van der Waals surface area contributed by atoms with Gasteiger partial charge in [-0.25, -0.2) is 0 Å². The summed E-state index contributed by atoms with van der Waals surface area (Å²) in [6.45, 7) is 1.50. The van der Waals surface area contributed by atoms with Crippen molar-refractivity contribution in [3.63, 3.8) is 0 Å². The van der Waals surface area contributed by atoms with Gasteiger partial charge in [-0.3, -0.25) is 9.59 Å². The molecular formula is C15H20Cl3N3O2. The highest BCUT2D eigenvalue weighted by atomic mass is 35.5. The van der Waals surface area contributed by atoms with Crippen molar-refractivity contribution < 1.29 is 9.59 Å². The average Bonchev–Trinajstić information content (AvgIpc) is 2.96. The highest BCUT2D eigenvalue weighted by Gasteiger charge is 2.27. The number of benzene rings is 1. The largest absolute Gasteiger partial charge is 0.343 e. The molecule has 0 radical (unpaired) electrons. The Labute approximate surface area is 152 Å². The molecule has 0 bridgehead atoms. The van der Waals surface area contributed by atoms with Crippen molar-refractivity contribution in [3.8, 4) is 0 Å². The first-order valence-electron chi connectivity index (χ1n) is 7.20. The standard InChI is InChI=1S/C15H19Cl2N3O2.ClH/c1-18-8-11-3-2-6-20(11)14(21)9-19-15(22)10-4-5-12(16)13(17)7-10;/h4-5,7,11,18H,2-3,6,8-9H2,1H3,(H,19,22);1H. The van der Waals surface area contributed by atoms with Gasteiger partial charge in [0, 0.05) is 24.7 Å².